The van der Waals surface area contributed by atoms with Crippen molar-refractivity contribution < 1.29 is 4.74 Å². The fourth-order valence-corrected chi connectivity index (χ4v) is 4.79. The van der Waals surface area contributed by atoms with Crippen molar-refractivity contribution in [1.82, 2.24) is 9.61 Å². The van der Waals surface area contributed by atoms with E-state index in [-0.39, 0.29) is 0 Å². The summed E-state index contributed by atoms with van der Waals surface area (Å²) in [6.07, 6.45) is 7.58. The van der Waals surface area contributed by atoms with Gasteiger partial charge in [-0.25, -0.2) is 4.52 Å². The molecule has 2 aromatic heterocycles. The summed E-state index contributed by atoms with van der Waals surface area (Å²) in [5.74, 6) is 2.46. The van der Waals surface area contributed by atoms with Crippen LogP contribution in [-0.2, 0) is 0 Å². The van der Waals surface area contributed by atoms with Crippen LogP contribution in [0.1, 0.15) is 25.7 Å². The van der Waals surface area contributed by atoms with Crippen LogP contribution in [0.2, 0.25) is 5.02 Å². The second-order valence-electron chi connectivity index (χ2n) is 8.20. The maximum absolute atomic E-state index is 6.19. The zero-order valence-electron chi connectivity index (χ0n) is 16.9. The number of thioether (sulfide) groups is 1. The quantitative estimate of drug-likeness (QED) is 0.411. The van der Waals surface area contributed by atoms with Crippen molar-refractivity contribution >= 4 is 34.6 Å². The molecule has 2 saturated carbocycles. The monoisotopic (exact) mass is 427 g/mol. The zero-order valence-corrected chi connectivity index (χ0v) is 18.5. The van der Waals surface area contributed by atoms with Gasteiger partial charge in [-0.05, 0) is 74.1 Å². The lowest BCUT2D eigenvalue weighted by molar-refractivity contribution is 0.416. The maximum Gasteiger partial charge on any atom is 0.142 e. The average Bonchev–Trinajstić information content (AvgIpc) is 3.66. The Bertz CT molecular complexity index is 1030. The summed E-state index contributed by atoms with van der Waals surface area (Å²) < 4.78 is 7.70. The van der Waals surface area contributed by atoms with Crippen LogP contribution in [0.3, 0.4) is 0 Å². The number of fused-ring (bicyclic) bond motifs is 1. The number of hydrogen-bond donors (Lipinski definition) is 0. The molecule has 0 spiro atoms. The number of aromatic nitrogens is 2. The van der Waals surface area contributed by atoms with Gasteiger partial charge in [0.25, 0.3) is 0 Å². The lowest BCUT2D eigenvalue weighted by Crippen LogP contribution is -2.28. The maximum atomic E-state index is 6.19. The Morgan fingerprint density at radius 3 is 2.48 bits per heavy atom. The third kappa shape index (κ3) is 3.82. The molecule has 5 rings (SSSR count). The van der Waals surface area contributed by atoms with Crippen molar-refractivity contribution in [1.29, 1.82) is 0 Å². The van der Waals surface area contributed by atoms with Gasteiger partial charge in [-0.3, -0.25) is 0 Å². The minimum atomic E-state index is 0.670. The molecule has 0 radical (unpaired) electrons. The molecule has 0 unspecified atom stereocenters. The highest BCUT2D eigenvalue weighted by molar-refractivity contribution is 7.98. The Morgan fingerprint density at radius 1 is 1.14 bits per heavy atom. The van der Waals surface area contributed by atoms with E-state index in [1.807, 2.05) is 18.2 Å². The van der Waals surface area contributed by atoms with E-state index in [2.05, 4.69) is 33.9 Å². The number of halogens is 1. The van der Waals surface area contributed by atoms with E-state index in [4.69, 9.17) is 21.4 Å². The average molecular weight is 428 g/mol. The summed E-state index contributed by atoms with van der Waals surface area (Å²) in [5, 5.41) is 6.80. The first-order valence-corrected chi connectivity index (χ1v) is 11.9. The van der Waals surface area contributed by atoms with Crippen LogP contribution in [0.4, 0.5) is 5.69 Å². The molecule has 152 valence electrons. The molecule has 2 fully saturated rings. The van der Waals surface area contributed by atoms with Gasteiger partial charge in [-0.2, -0.15) is 5.10 Å². The summed E-state index contributed by atoms with van der Waals surface area (Å²) in [4.78, 5) is 2.62. The summed E-state index contributed by atoms with van der Waals surface area (Å²) in [6.45, 7) is 2.31. The number of methoxy groups -OCH3 is 1. The van der Waals surface area contributed by atoms with E-state index in [0.717, 1.165) is 47.0 Å². The van der Waals surface area contributed by atoms with Crippen LogP contribution in [0, 0.1) is 11.8 Å². The van der Waals surface area contributed by atoms with Crippen molar-refractivity contribution in [3.8, 4) is 17.0 Å². The second kappa shape index (κ2) is 7.77. The summed E-state index contributed by atoms with van der Waals surface area (Å²) >= 11 is 7.93. The third-order valence-corrected chi connectivity index (χ3v) is 6.80. The molecule has 4 nitrogen and oxygen atoms in total. The first-order valence-electron chi connectivity index (χ1n) is 10.3. The van der Waals surface area contributed by atoms with Gasteiger partial charge in [0.1, 0.15) is 10.8 Å². The summed E-state index contributed by atoms with van der Waals surface area (Å²) in [6, 6.07) is 12.2. The predicted octanol–water partition coefficient (Wildman–Crippen LogP) is 6.01. The van der Waals surface area contributed by atoms with Gasteiger partial charge in [0.2, 0.25) is 0 Å². The van der Waals surface area contributed by atoms with Gasteiger partial charge >= 0.3 is 0 Å². The largest absolute Gasteiger partial charge is 0.496 e. The zero-order chi connectivity index (χ0) is 20.0. The number of hydrogen-bond acceptors (Lipinski definition) is 4. The molecule has 29 heavy (non-hydrogen) atoms. The minimum absolute atomic E-state index is 0.670. The number of anilines is 1. The highest BCUT2D eigenvalue weighted by Gasteiger charge is 2.32. The van der Waals surface area contributed by atoms with E-state index in [1.54, 1.807) is 18.9 Å². The van der Waals surface area contributed by atoms with Crippen molar-refractivity contribution in [2.75, 3.05) is 31.4 Å². The van der Waals surface area contributed by atoms with E-state index in [1.165, 1.54) is 36.9 Å². The molecule has 0 N–H and O–H groups in total. The Morgan fingerprint density at radius 2 is 1.86 bits per heavy atom. The molecule has 1 aromatic carbocycles. The van der Waals surface area contributed by atoms with Crippen LogP contribution < -0.4 is 9.64 Å². The standard InChI is InChI=1S/C23H26ClN3OS/c1-28-21-12-17(24)10-11-18(21)19-4-3-5-20-22(23(29-2)25-27(19)20)26(13-15-6-7-15)14-16-8-9-16/h3-5,10-12,15-16H,6-9,13-14H2,1-2H3. The molecule has 2 heterocycles. The van der Waals surface area contributed by atoms with Crippen LogP contribution >= 0.6 is 23.4 Å². The lowest BCUT2D eigenvalue weighted by Gasteiger charge is -2.25. The molecule has 3 aromatic rings. The van der Waals surface area contributed by atoms with Crippen molar-refractivity contribution in [2.24, 2.45) is 11.8 Å². The summed E-state index contributed by atoms with van der Waals surface area (Å²) in [7, 11) is 1.68. The van der Waals surface area contributed by atoms with Crippen molar-refractivity contribution in [2.45, 2.75) is 30.7 Å². The van der Waals surface area contributed by atoms with Gasteiger partial charge in [-0.1, -0.05) is 17.7 Å². The fourth-order valence-electron chi connectivity index (χ4n) is 4.03. The molecule has 0 saturated heterocycles. The van der Waals surface area contributed by atoms with Crippen LogP contribution in [0.25, 0.3) is 16.8 Å². The normalized spacial score (nSPS) is 16.4. The smallest absolute Gasteiger partial charge is 0.142 e. The molecule has 2 aliphatic rings. The molecule has 0 aliphatic heterocycles. The van der Waals surface area contributed by atoms with E-state index < -0.39 is 0 Å². The number of rotatable bonds is 8. The summed E-state index contributed by atoms with van der Waals surface area (Å²) in [5.41, 5.74) is 4.49. The molecule has 0 bridgehead atoms. The highest BCUT2D eigenvalue weighted by atomic mass is 35.5. The first kappa shape index (κ1) is 19.1. The minimum Gasteiger partial charge on any atom is -0.496 e. The van der Waals surface area contributed by atoms with E-state index >= 15 is 0 Å². The first-order chi connectivity index (χ1) is 14.2. The highest BCUT2D eigenvalue weighted by Crippen LogP contribution is 2.42. The predicted molar refractivity (Wildman–Crippen MR) is 122 cm³/mol. The Balaban J connectivity index is 1.65. The third-order valence-electron chi connectivity index (χ3n) is 5.90. The number of ether oxygens (including phenoxy) is 1. The van der Waals surface area contributed by atoms with Gasteiger partial charge in [0.15, 0.2) is 0 Å². The van der Waals surface area contributed by atoms with Crippen LogP contribution in [-0.4, -0.2) is 36.1 Å². The molecular weight excluding hydrogens is 402 g/mol. The van der Waals surface area contributed by atoms with Crippen LogP contribution in [0.15, 0.2) is 41.4 Å². The second-order valence-corrected chi connectivity index (χ2v) is 9.43. The Kier molecular flexibility index (Phi) is 5.12. The molecule has 0 atom stereocenters. The number of pyridine rings is 1. The lowest BCUT2D eigenvalue weighted by atomic mass is 10.1. The Hall–Kier alpha value is -1.85. The fraction of sp³-hybridized carbons (Fsp3) is 0.435. The van der Waals surface area contributed by atoms with Gasteiger partial charge in [-0.15, -0.1) is 11.8 Å². The topological polar surface area (TPSA) is 29.8 Å². The Labute approximate surface area is 181 Å². The van der Waals surface area contributed by atoms with Crippen molar-refractivity contribution in [3.63, 3.8) is 0 Å². The SMILES string of the molecule is COc1cc(Cl)ccc1-c1cccc2c(N(CC3CC3)CC3CC3)c(SC)nn12. The molecular formula is C23H26ClN3OS. The van der Waals surface area contributed by atoms with Gasteiger partial charge in [0, 0.05) is 23.7 Å². The van der Waals surface area contributed by atoms with Gasteiger partial charge in [0.05, 0.1) is 24.0 Å². The van der Waals surface area contributed by atoms with Crippen LogP contribution in [0.5, 0.6) is 5.75 Å². The van der Waals surface area contributed by atoms with E-state index in [0.29, 0.717) is 5.02 Å². The van der Waals surface area contributed by atoms with Crippen molar-refractivity contribution in [3.05, 3.63) is 41.4 Å². The van der Waals surface area contributed by atoms with E-state index in [9.17, 15) is 0 Å². The number of nitrogens with zero attached hydrogens (tertiary/aromatic N) is 3. The van der Waals surface area contributed by atoms with Gasteiger partial charge < -0.3 is 9.64 Å². The molecule has 6 heteroatoms. The molecule has 0 amide bonds. The molecule has 2 aliphatic carbocycles. The number of benzene rings is 1.